The molecule has 5 heteroatoms. The van der Waals surface area contributed by atoms with E-state index in [4.69, 9.17) is 0 Å². The Labute approximate surface area is 125 Å². The van der Waals surface area contributed by atoms with Gasteiger partial charge in [-0.1, -0.05) is 0 Å². The van der Waals surface area contributed by atoms with Gasteiger partial charge in [0.05, 0.1) is 6.33 Å². The van der Waals surface area contributed by atoms with E-state index in [0.717, 1.165) is 56.6 Å². The van der Waals surface area contributed by atoms with Gasteiger partial charge in [0.1, 0.15) is 0 Å². The summed E-state index contributed by atoms with van der Waals surface area (Å²) >= 11 is 0. The predicted molar refractivity (Wildman–Crippen MR) is 80.0 cm³/mol. The van der Waals surface area contributed by atoms with Crippen LogP contribution in [0.4, 0.5) is 0 Å². The van der Waals surface area contributed by atoms with Gasteiger partial charge in [0.2, 0.25) is 5.91 Å². The van der Waals surface area contributed by atoms with Crippen molar-refractivity contribution in [1.82, 2.24) is 14.5 Å². The highest BCUT2D eigenvalue weighted by molar-refractivity contribution is 5.81. The van der Waals surface area contributed by atoms with Crippen LogP contribution in [0.1, 0.15) is 36.9 Å². The number of amides is 1. The van der Waals surface area contributed by atoms with Gasteiger partial charge in [0.25, 0.3) is 5.56 Å². The Hall–Kier alpha value is -1.65. The van der Waals surface area contributed by atoms with Crippen LogP contribution >= 0.6 is 0 Å². The number of nitrogens with zero attached hydrogens (tertiary/aromatic N) is 3. The van der Waals surface area contributed by atoms with E-state index < -0.39 is 0 Å². The number of rotatable bonds is 3. The minimum absolute atomic E-state index is 0.0685. The van der Waals surface area contributed by atoms with Crippen LogP contribution in [0.3, 0.4) is 0 Å². The lowest BCUT2D eigenvalue weighted by molar-refractivity contribution is -0.134. The summed E-state index contributed by atoms with van der Waals surface area (Å²) in [5.74, 6) is 1.13. The quantitative estimate of drug-likeness (QED) is 0.847. The summed E-state index contributed by atoms with van der Waals surface area (Å²) in [6, 6.07) is 0. The molecule has 1 aliphatic heterocycles. The minimum atomic E-state index is 0.0685. The monoisotopic (exact) mass is 289 g/mol. The Morgan fingerprint density at radius 3 is 2.52 bits per heavy atom. The van der Waals surface area contributed by atoms with Gasteiger partial charge in [-0.05, 0) is 45.4 Å². The van der Waals surface area contributed by atoms with E-state index in [1.165, 1.54) is 0 Å². The predicted octanol–water partition coefficient (Wildman–Crippen LogP) is 1.51. The molecule has 0 bridgehead atoms. The molecule has 1 aliphatic carbocycles. The number of hydrogen-bond acceptors (Lipinski definition) is 3. The molecular formula is C16H23N3O2. The van der Waals surface area contributed by atoms with E-state index in [1.807, 2.05) is 18.7 Å². The molecule has 0 N–H and O–H groups in total. The maximum absolute atomic E-state index is 12.2. The third-order valence-corrected chi connectivity index (χ3v) is 4.82. The van der Waals surface area contributed by atoms with Crippen LogP contribution in [0.15, 0.2) is 11.1 Å². The third-order valence-electron chi connectivity index (χ3n) is 4.82. The Balaban J connectivity index is 1.59. The largest absolute Gasteiger partial charge is 0.342 e. The minimum Gasteiger partial charge on any atom is -0.342 e. The van der Waals surface area contributed by atoms with Gasteiger partial charge in [0.15, 0.2) is 0 Å². The highest BCUT2D eigenvalue weighted by Gasteiger charge is 2.34. The second-order valence-corrected chi connectivity index (χ2v) is 6.46. The first-order valence-corrected chi connectivity index (χ1v) is 7.87. The zero-order valence-electron chi connectivity index (χ0n) is 12.8. The lowest BCUT2D eigenvalue weighted by Crippen LogP contribution is -2.40. The topological polar surface area (TPSA) is 55.2 Å². The van der Waals surface area contributed by atoms with Crippen molar-refractivity contribution >= 4 is 5.91 Å². The summed E-state index contributed by atoms with van der Waals surface area (Å²) in [6.45, 7) is 6.10. The van der Waals surface area contributed by atoms with E-state index in [1.54, 1.807) is 10.9 Å². The Morgan fingerprint density at radius 2 is 1.90 bits per heavy atom. The second-order valence-electron chi connectivity index (χ2n) is 6.46. The summed E-state index contributed by atoms with van der Waals surface area (Å²) in [7, 11) is 0. The number of aryl methyl sites for hydroxylation is 1. The van der Waals surface area contributed by atoms with Crippen LogP contribution in [0, 0.1) is 25.7 Å². The molecule has 0 aromatic carbocycles. The van der Waals surface area contributed by atoms with E-state index in [-0.39, 0.29) is 5.56 Å². The SMILES string of the molecule is Cc1ncn(CC2CCN(C(=O)C3CC3)CC2)c(=O)c1C. The van der Waals surface area contributed by atoms with Gasteiger partial charge in [-0.3, -0.25) is 14.2 Å². The fraction of sp³-hybridized carbons (Fsp3) is 0.688. The highest BCUT2D eigenvalue weighted by atomic mass is 16.2. The van der Waals surface area contributed by atoms with Crippen LogP contribution in [-0.2, 0) is 11.3 Å². The summed E-state index contributed by atoms with van der Waals surface area (Å²) in [5, 5.41) is 0. The van der Waals surface area contributed by atoms with E-state index in [0.29, 0.717) is 17.7 Å². The van der Waals surface area contributed by atoms with Gasteiger partial charge < -0.3 is 4.90 Å². The van der Waals surface area contributed by atoms with Crippen molar-refractivity contribution in [1.29, 1.82) is 0 Å². The first kappa shape index (κ1) is 14.3. The van der Waals surface area contributed by atoms with Crippen molar-refractivity contribution in [3.05, 3.63) is 27.9 Å². The molecule has 1 aromatic rings. The zero-order chi connectivity index (χ0) is 15.0. The van der Waals surface area contributed by atoms with Gasteiger partial charge in [-0.2, -0.15) is 0 Å². The molecule has 5 nitrogen and oxygen atoms in total. The van der Waals surface area contributed by atoms with E-state index in [9.17, 15) is 9.59 Å². The standard InChI is InChI=1S/C16H23N3O2/c1-11-12(2)17-10-19(15(11)20)9-13-5-7-18(8-6-13)16(21)14-3-4-14/h10,13-14H,3-9H2,1-2H3. The number of aromatic nitrogens is 2. The van der Waals surface area contributed by atoms with Crippen molar-refractivity contribution in [2.24, 2.45) is 11.8 Å². The molecule has 0 radical (unpaired) electrons. The molecule has 2 fully saturated rings. The Bertz CT molecular complexity index is 596. The van der Waals surface area contributed by atoms with Crippen molar-refractivity contribution in [2.45, 2.75) is 46.1 Å². The molecule has 2 heterocycles. The van der Waals surface area contributed by atoms with Gasteiger partial charge in [-0.25, -0.2) is 4.98 Å². The van der Waals surface area contributed by atoms with E-state index >= 15 is 0 Å². The molecule has 1 saturated carbocycles. The molecule has 114 valence electrons. The fourth-order valence-corrected chi connectivity index (χ4v) is 3.01. The average molecular weight is 289 g/mol. The van der Waals surface area contributed by atoms with Crippen molar-refractivity contribution in [3.63, 3.8) is 0 Å². The number of carbonyl (C=O) groups excluding carboxylic acids is 1. The fourth-order valence-electron chi connectivity index (χ4n) is 3.01. The number of carbonyl (C=O) groups is 1. The number of piperidine rings is 1. The van der Waals surface area contributed by atoms with Crippen molar-refractivity contribution in [2.75, 3.05) is 13.1 Å². The molecule has 0 unspecified atom stereocenters. The maximum Gasteiger partial charge on any atom is 0.256 e. The molecule has 3 rings (SSSR count). The first-order valence-electron chi connectivity index (χ1n) is 7.87. The molecule has 1 saturated heterocycles. The smallest absolute Gasteiger partial charge is 0.256 e. The normalized spacial score (nSPS) is 19.8. The van der Waals surface area contributed by atoms with Crippen molar-refractivity contribution < 1.29 is 4.79 Å². The summed E-state index contributed by atoms with van der Waals surface area (Å²) in [5.41, 5.74) is 1.61. The van der Waals surface area contributed by atoms with Crippen LogP contribution in [0.5, 0.6) is 0 Å². The Morgan fingerprint density at radius 1 is 1.24 bits per heavy atom. The highest BCUT2D eigenvalue weighted by Crippen LogP contribution is 2.32. The molecule has 21 heavy (non-hydrogen) atoms. The molecule has 1 amide bonds. The van der Waals surface area contributed by atoms with E-state index in [2.05, 4.69) is 4.98 Å². The van der Waals surface area contributed by atoms with Gasteiger partial charge >= 0.3 is 0 Å². The summed E-state index contributed by atoms with van der Waals surface area (Å²) < 4.78 is 1.73. The number of hydrogen-bond donors (Lipinski definition) is 0. The number of likely N-dealkylation sites (tertiary alicyclic amines) is 1. The van der Waals surface area contributed by atoms with Crippen LogP contribution in [0.2, 0.25) is 0 Å². The zero-order valence-corrected chi connectivity index (χ0v) is 12.8. The third kappa shape index (κ3) is 3.01. The van der Waals surface area contributed by atoms with Gasteiger partial charge in [-0.15, -0.1) is 0 Å². The average Bonchev–Trinajstić information content (AvgIpc) is 3.33. The molecule has 2 aliphatic rings. The van der Waals surface area contributed by atoms with Crippen molar-refractivity contribution in [3.8, 4) is 0 Å². The molecule has 0 spiro atoms. The molecule has 0 atom stereocenters. The summed E-state index contributed by atoms with van der Waals surface area (Å²) in [4.78, 5) is 30.5. The molecule has 1 aromatic heterocycles. The lowest BCUT2D eigenvalue weighted by Gasteiger charge is -2.32. The lowest BCUT2D eigenvalue weighted by atomic mass is 9.96. The van der Waals surface area contributed by atoms with Crippen LogP contribution in [0.25, 0.3) is 0 Å². The second kappa shape index (κ2) is 5.62. The molecular weight excluding hydrogens is 266 g/mol. The maximum atomic E-state index is 12.2. The van der Waals surface area contributed by atoms with Gasteiger partial charge in [0, 0.05) is 36.8 Å². The summed E-state index contributed by atoms with van der Waals surface area (Å²) in [6.07, 6.45) is 5.77. The van der Waals surface area contributed by atoms with Crippen LogP contribution < -0.4 is 5.56 Å². The Kier molecular flexibility index (Phi) is 3.83. The first-order chi connectivity index (χ1) is 10.1. The van der Waals surface area contributed by atoms with Crippen LogP contribution in [-0.4, -0.2) is 33.4 Å².